The second-order valence-electron chi connectivity index (χ2n) is 6.79. The lowest BCUT2D eigenvalue weighted by Crippen LogP contribution is -2.35. The van der Waals surface area contributed by atoms with Gasteiger partial charge in [-0.3, -0.25) is 4.79 Å². The molecule has 0 amide bonds. The lowest BCUT2D eigenvalue weighted by atomic mass is 9.55. The van der Waals surface area contributed by atoms with Crippen LogP contribution in [-0.4, -0.2) is 13.1 Å². The summed E-state index contributed by atoms with van der Waals surface area (Å²) in [6.07, 6.45) is 6.37. The van der Waals surface area contributed by atoms with Gasteiger partial charge >= 0.3 is 5.97 Å². The first-order valence-electron chi connectivity index (χ1n) is 8.45. The van der Waals surface area contributed by atoms with Crippen LogP contribution in [0.25, 0.3) is 0 Å². The Hall–Kier alpha value is -2.61. The Morgan fingerprint density at radius 2 is 1.46 bits per heavy atom. The SMILES string of the molecule is COC(=O)[C@H]1C=C[C@H]2C(=C1)C1c3ccccc3C2c2ccccc21. The van der Waals surface area contributed by atoms with Gasteiger partial charge < -0.3 is 4.74 Å². The third-order valence-electron chi connectivity index (χ3n) is 5.73. The fraction of sp³-hybridized carbons (Fsp3) is 0.227. The van der Waals surface area contributed by atoms with Gasteiger partial charge in [-0.25, -0.2) is 0 Å². The van der Waals surface area contributed by atoms with Crippen LogP contribution >= 0.6 is 0 Å². The van der Waals surface area contributed by atoms with E-state index in [-0.39, 0.29) is 17.8 Å². The minimum atomic E-state index is -0.264. The molecule has 2 atom stereocenters. The zero-order valence-electron chi connectivity index (χ0n) is 13.5. The largest absolute Gasteiger partial charge is 0.468 e. The molecule has 6 rings (SSSR count). The Morgan fingerprint density at radius 3 is 2.04 bits per heavy atom. The molecule has 0 N–H and O–H groups in total. The fourth-order valence-corrected chi connectivity index (χ4v) is 4.79. The van der Waals surface area contributed by atoms with E-state index < -0.39 is 0 Å². The van der Waals surface area contributed by atoms with Gasteiger partial charge in [0.2, 0.25) is 0 Å². The molecule has 0 spiro atoms. The van der Waals surface area contributed by atoms with Gasteiger partial charge in [0.05, 0.1) is 13.0 Å². The van der Waals surface area contributed by atoms with Crippen molar-refractivity contribution in [1.29, 1.82) is 0 Å². The van der Waals surface area contributed by atoms with Crippen LogP contribution in [0.15, 0.2) is 72.3 Å². The molecular formula is C22H18O2. The first-order valence-corrected chi connectivity index (χ1v) is 8.45. The van der Waals surface area contributed by atoms with Gasteiger partial charge in [0, 0.05) is 17.8 Å². The minimum Gasteiger partial charge on any atom is -0.468 e. The number of carbonyl (C=O) groups excluding carboxylic acids is 1. The highest BCUT2D eigenvalue weighted by Crippen LogP contribution is 2.59. The molecule has 0 unspecified atom stereocenters. The van der Waals surface area contributed by atoms with Crippen molar-refractivity contribution in [2.24, 2.45) is 11.8 Å². The van der Waals surface area contributed by atoms with E-state index in [0.717, 1.165) is 0 Å². The highest BCUT2D eigenvalue weighted by molar-refractivity contribution is 5.78. The molecule has 0 aromatic heterocycles. The lowest BCUT2D eigenvalue weighted by molar-refractivity contribution is -0.142. The number of hydrogen-bond donors (Lipinski definition) is 0. The van der Waals surface area contributed by atoms with E-state index >= 15 is 0 Å². The number of esters is 1. The highest BCUT2D eigenvalue weighted by Gasteiger charge is 2.46. The molecule has 0 saturated carbocycles. The number of allylic oxidation sites excluding steroid dienone is 2. The van der Waals surface area contributed by atoms with E-state index in [1.165, 1.54) is 34.9 Å². The van der Waals surface area contributed by atoms with Gasteiger partial charge in [-0.1, -0.05) is 72.3 Å². The van der Waals surface area contributed by atoms with E-state index in [1.807, 2.05) is 6.08 Å². The second kappa shape index (κ2) is 4.94. The van der Waals surface area contributed by atoms with Gasteiger partial charge in [0.1, 0.15) is 0 Å². The van der Waals surface area contributed by atoms with Gasteiger partial charge in [-0.2, -0.15) is 0 Å². The van der Waals surface area contributed by atoms with Crippen LogP contribution in [0, 0.1) is 11.8 Å². The monoisotopic (exact) mass is 314 g/mol. The fourth-order valence-electron chi connectivity index (χ4n) is 4.79. The molecule has 4 aliphatic carbocycles. The summed E-state index contributed by atoms with van der Waals surface area (Å²) in [5.74, 6) is 0.508. The Kier molecular flexibility index (Phi) is 2.84. The zero-order chi connectivity index (χ0) is 16.3. The normalized spacial score (nSPS) is 28.5. The number of carbonyl (C=O) groups is 1. The van der Waals surface area contributed by atoms with Crippen molar-refractivity contribution in [2.45, 2.75) is 11.8 Å². The van der Waals surface area contributed by atoms with Crippen molar-refractivity contribution in [1.82, 2.24) is 0 Å². The summed E-state index contributed by atoms with van der Waals surface area (Å²) >= 11 is 0. The smallest absolute Gasteiger partial charge is 0.316 e. The van der Waals surface area contributed by atoms with Crippen LogP contribution in [0.1, 0.15) is 34.1 Å². The van der Waals surface area contributed by atoms with Gasteiger partial charge in [-0.15, -0.1) is 0 Å². The number of benzene rings is 2. The van der Waals surface area contributed by atoms with E-state index in [9.17, 15) is 4.79 Å². The Labute approximate surface area is 141 Å². The van der Waals surface area contributed by atoms with Crippen molar-refractivity contribution in [3.8, 4) is 0 Å². The number of hydrogen-bond acceptors (Lipinski definition) is 2. The average Bonchev–Trinajstić information content (AvgIpc) is 2.66. The number of methoxy groups -OCH3 is 1. The summed E-state index contributed by atoms with van der Waals surface area (Å²) in [6.45, 7) is 0. The molecule has 0 fully saturated rings. The maximum absolute atomic E-state index is 12.0. The van der Waals surface area contributed by atoms with E-state index in [4.69, 9.17) is 4.74 Å². The van der Waals surface area contributed by atoms with Crippen molar-refractivity contribution < 1.29 is 9.53 Å². The van der Waals surface area contributed by atoms with Gasteiger partial charge in [-0.05, 0) is 22.3 Å². The molecule has 2 nitrogen and oxygen atoms in total. The van der Waals surface area contributed by atoms with Gasteiger partial charge in [0.25, 0.3) is 0 Å². The molecule has 0 aliphatic heterocycles. The summed E-state index contributed by atoms with van der Waals surface area (Å²) < 4.78 is 4.95. The second-order valence-corrected chi connectivity index (χ2v) is 6.79. The Bertz CT molecular complexity index is 858. The first kappa shape index (κ1) is 13.8. The minimum absolute atomic E-state index is 0.180. The summed E-state index contributed by atoms with van der Waals surface area (Å²) in [4.78, 5) is 12.0. The third kappa shape index (κ3) is 1.68. The molecule has 0 saturated heterocycles. The molecule has 118 valence electrons. The van der Waals surface area contributed by atoms with E-state index in [1.54, 1.807) is 0 Å². The standard InChI is InChI=1S/C22H18O2/c1-24-22(23)13-10-11-18-19(12-13)21-16-8-4-2-6-14(16)20(18)15-7-3-5-9-17(15)21/h2-13,18,20-21H,1H3/t13-,18-,20?,21?/m0/s1. The van der Waals surface area contributed by atoms with Gasteiger partial charge in [0.15, 0.2) is 0 Å². The molecule has 2 bridgehead atoms. The van der Waals surface area contributed by atoms with Crippen LogP contribution in [0.2, 0.25) is 0 Å². The summed E-state index contributed by atoms with van der Waals surface area (Å²) in [5.41, 5.74) is 7.01. The van der Waals surface area contributed by atoms with E-state index in [2.05, 4.69) is 60.7 Å². The van der Waals surface area contributed by atoms with Crippen LogP contribution in [-0.2, 0) is 9.53 Å². The third-order valence-corrected chi connectivity index (χ3v) is 5.73. The van der Waals surface area contributed by atoms with Crippen molar-refractivity contribution in [2.75, 3.05) is 7.11 Å². The highest BCUT2D eigenvalue weighted by atomic mass is 16.5. The van der Waals surface area contributed by atoms with Crippen molar-refractivity contribution in [3.63, 3.8) is 0 Å². The van der Waals surface area contributed by atoms with Crippen LogP contribution in [0.3, 0.4) is 0 Å². The average molecular weight is 314 g/mol. The summed E-state index contributed by atoms with van der Waals surface area (Å²) in [5, 5.41) is 0. The molecule has 2 aromatic rings. The molecule has 0 radical (unpaired) electrons. The Balaban J connectivity index is 1.75. The number of ether oxygens (including phenoxy) is 1. The molecule has 2 aromatic carbocycles. The molecule has 2 heteroatoms. The molecule has 4 aliphatic rings. The van der Waals surface area contributed by atoms with Crippen LogP contribution in [0.4, 0.5) is 0 Å². The maximum atomic E-state index is 12.0. The predicted octanol–water partition coefficient (Wildman–Crippen LogP) is 4.18. The molecule has 0 heterocycles. The lowest BCUT2D eigenvalue weighted by Gasteiger charge is -2.48. The first-order chi connectivity index (χ1) is 11.8. The maximum Gasteiger partial charge on any atom is 0.316 e. The zero-order valence-corrected chi connectivity index (χ0v) is 13.5. The number of rotatable bonds is 1. The Morgan fingerprint density at radius 1 is 0.875 bits per heavy atom. The summed E-state index contributed by atoms with van der Waals surface area (Å²) in [7, 11) is 1.46. The topological polar surface area (TPSA) is 26.3 Å². The van der Waals surface area contributed by atoms with Crippen LogP contribution in [0.5, 0.6) is 0 Å². The predicted molar refractivity (Wildman–Crippen MR) is 92.8 cm³/mol. The van der Waals surface area contributed by atoms with Crippen molar-refractivity contribution in [3.05, 3.63) is 94.6 Å². The molecule has 24 heavy (non-hydrogen) atoms. The quantitative estimate of drug-likeness (QED) is 0.583. The van der Waals surface area contributed by atoms with Crippen LogP contribution < -0.4 is 0 Å². The van der Waals surface area contributed by atoms with Crippen molar-refractivity contribution >= 4 is 5.97 Å². The van der Waals surface area contributed by atoms with E-state index in [0.29, 0.717) is 11.8 Å². The molecular weight excluding hydrogens is 296 g/mol. The summed E-state index contributed by atoms with van der Waals surface area (Å²) in [6, 6.07) is 17.5.